The van der Waals surface area contributed by atoms with Gasteiger partial charge in [-0.15, -0.1) is 0 Å². The molecular formula is C23H17N. The highest BCUT2D eigenvalue weighted by Gasteiger charge is 2.02. The van der Waals surface area contributed by atoms with E-state index in [1.54, 1.807) is 6.20 Å². The molecule has 0 saturated carbocycles. The van der Waals surface area contributed by atoms with E-state index in [0.717, 1.165) is 16.8 Å². The Morgan fingerprint density at radius 1 is 0.708 bits per heavy atom. The fraction of sp³-hybridized carbons (Fsp3) is 0.0870. The van der Waals surface area contributed by atoms with Gasteiger partial charge < -0.3 is 0 Å². The molecule has 1 aromatic heterocycles. The maximum Gasteiger partial charge on any atom is 0.0385 e. The SMILES string of the molecule is Cc1cc(C#Cc2cc(C)c3cc4ccccc4cc3c2)ccn1. The van der Waals surface area contributed by atoms with Crippen LogP contribution in [-0.2, 0) is 0 Å². The van der Waals surface area contributed by atoms with Crippen molar-refractivity contribution in [2.75, 3.05) is 0 Å². The first-order valence-corrected chi connectivity index (χ1v) is 8.07. The topological polar surface area (TPSA) is 12.9 Å². The van der Waals surface area contributed by atoms with E-state index in [4.69, 9.17) is 0 Å². The second-order valence-electron chi connectivity index (χ2n) is 6.15. The second kappa shape index (κ2) is 5.83. The van der Waals surface area contributed by atoms with Crippen molar-refractivity contribution in [3.63, 3.8) is 0 Å². The minimum Gasteiger partial charge on any atom is -0.262 e. The Bertz CT molecular complexity index is 1130. The van der Waals surface area contributed by atoms with E-state index < -0.39 is 0 Å². The molecule has 1 heteroatoms. The summed E-state index contributed by atoms with van der Waals surface area (Å²) in [7, 11) is 0. The predicted octanol–water partition coefficient (Wildman–Crippen LogP) is 5.40. The van der Waals surface area contributed by atoms with Crippen LogP contribution in [0.4, 0.5) is 0 Å². The highest BCUT2D eigenvalue weighted by Crippen LogP contribution is 2.26. The molecule has 0 aliphatic rings. The Labute approximate surface area is 142 Å². The van der Waals surface area contributed by atoms with Crippen LogP contribution < -0.4 is 0 Å². The van der Waals surface area contributed by atoms with Gasteiger partial charge in [0.1, 0.15) is 0 Å². The first-order valence-electron chi connectivity index (χ1n) is 8.07. The molecule has 1 nitrogen and oxygen atoms in total. The summed E-state index contributed by atoms with van der Waals surface area (Å²) >= 11 is 0. The molecule has 0 atom stereocenters. The summed E-state index contributed by atoms with van der Waals surface area (Å²) in [4.78, 5) is 4.21. The number of aromatic nitrogens is 1. The summed E-state index contributed by atoms with van der Waals surface area (Å²) in [6.45, 7) is 4.13. The molecule has 4 rings (SSSR count). The fourth-order valence-electron chi connectivity index (χ4n) is 3.08. The summed E-state index contributed by atoms with van der Waals surface area (Å²) < 4.78 is 0. The van der Waals surface area contributed by atoms with Crippen molar-refractivity contribution >= 4 is 21.5 Å². The predicted molar refractivity (Wildman–Crippen MR) is 101 cm³/mol. The zero-order valence-corrected chi connectivity index (χ0v) is 13.8. The van der Waals surface area contributed by atoms with Gasteiger partial charge in [-0.3, -0.25) is 4.98 Å². The van der Waals surface area contributed by atoms with Crippen molar-refractivity contribution in [3.8, 4) is 11.8 Å². The van der Waals surface area contributed by atoms with Crippen LogP contribution in [0.1, 0.15) is 22.4 Å². The van der Waals surface area contributed by atoms with Crippen molar-refractivity contribution in [1.82, 2.24) is 4.98 Å². The minimum atomic E-state index is 0.989. The number of hydrogen-bond donors (Lipinski definition) is 0. The van der Waals surface area contributed by atoms with Gasteiger partial charge >= 0.3 is 0 Å². The zero-order valence-electron chi connectivity index (χ0n) is 13.8. The van der Waals surface area contributed by atoms with E-state index in [2.05, 4.69) is 72.3 Å². The molecule has 1 heterocycles. The lowest BCUT2D eigenvalue weighted by molar-refractivity contribution is 1.19. The Morgan fingerprint density at radius 2 is 1.46 bits per heavy atom. The fourth-order valence-corrected chi connectivity index (χ4v) is 3.08. The third-order valence-corrected chi connectivity index (χ3v) is 4.27. The van der Waals surface area contributed by atoms with E-state index in [0.29, 0.717) is 0 Å². The largest absolute Gasteiger partial charge is 0.262 e. The van der Waals surface area contributed by atoms with Crippen LogP contribution >= 0.6 is 0 Å². The van der Waals surface area contributed by atoms with Gasteiger partial charge in [-0.05, 0) is 77.4 Å². The first kappa shape index (κ1) is 14.5. The van der Waals surface area contributed by atoms with Crippen LogP contribution in [0, 0.1) is 25.7 Å². The van der Waals surface area contributed by atoms with E-state index in [-0.39, 0.29) is 0 Å². The molecule has 0 fully saturated rings. The first-order chi connectivity index (χ1) is 11.7. The molecule has 3 aromatic carbocycles. The molecule has 0 N–H and O–H groups in total. The van der Waals surface area contributed by atoms with Gasteiger partial charge in [0, 0.05) is 23.0 Å². The minimum absolute atomic E-state index is 0.989. The summed E-state index contributed by atoms with van der Waals surface area (Å²) in [5.74, 6) is 6.53. The van der Waals surface area contributed by atoms with Crippen LogP contribution in [0.5, 0.6) is 0 Å². The molecule has 4 aromatic rings. The number of benzene rings is 3. The third kappa shape index (κ3) is 2.75. The van der Waals surface area contributed by atoms with Gasteiger partial charge in [-0.25, -0.2) is 0 Å². The van der Waals surface area contributed by atoms with Crippen molar-refractivity contribution < 1.29 is 0 Å². The number of hydrogen-bond acceptors (Lipinski definition) is 1. The highest BCUT2D eigenvalue weighted by molar-refractivity contribution is 6.00. The maximum absolute atomic E-state index is 4.21. The van der Waals surface area contributed by atoms with Gasteiger partial charge in [0.05, 0.1) is 0 Å². The average Bonchev–Trinajstić information content (AvgIpc) is 2.59. The quantitative estimate of drug-likeness (QED) is 0.313. The molecular weight excluding hydrogens is 290 g/mol. The van der Waals surface area contributed by atoms with Gasteiger partial charge in [0.25, 0.3) is 0 Å². The van der Waals surface area contributed by atoms with E-state index in [9.17, 15) is 0 Å². The van der Waals surface area contributed by atoms with Crippen molar-refractivity contribution in [2.24, 2.45) is 0 Å². The number of nitrogens with zero attached hydrogens (tertiary/aromatic N) is 1. The third-order valence-electron chi connectivity index (χ3n) is 4.27. The van der Waals surface area contributed by atoms with E-state index in [1.807, 2.05) is 19.1 Å². The van der Waals surface area contributed by atoms with Crippen LogP contribution in [0.2, 0.25) is 0 Å². The summed E-state index contributed by atoms with van der Waals surface area (Å²) in [6.07, 6.45) is 1.80. The van der Waals surface area contributed by atoms with Crippen LogP contribution in [0.3, 0.4) is 0 Å². The van der Waals surface area contributed by atoms with E-state index in [1.165, 1.54) is 27.1 Å². The number of rotatable bonds is 0. The van der Waals surface area contributed by atoms with Crippen molar-refractivity contribution in [1.29, 1.82) is 0 Å². The van der Waals surface area contributed by atoms with Crippen molar-refractivity contribution in [3.05, 3.63) is 89.2 Å². The number of pyridine rings is 1. The van der Waals surface area contributed by atoms with Crippen LogP contribution in [0.25, 0.3) is 21.5 Å². The van der Waals surface area contributed by atoms with Crippen LogP contribution in [0.15, 0.2) is 66.9 Å². The molecule has 114 valence electrons. The second-order valence-corrected chi connectivity index (χ2v) is 6.15. The molecule has 0 aliphatic carbocycles. The van der Waals surface area contributed by atoms with Crippen molar-refractivity contribution in [2.45, 2.75) is 13.8 Å². The zero-order chi connectivity index (χ0) is 16.5. The molecule has 0 radical (unpaired) electrons. The van der Waals surface area contributed by atoms with E-state index >= 15 is 0 Å². The molecule has 0 unspecified atom stereocenters. The monoisotopic (exact) mass is 307 g/mol. The molecule has 0 aliphatic heterocycles. The highest BCUT2D eigenvalue weighted by atomic mass is 14.6. The maximum atomic E-state index is 4.21. The van der Waals surface area contributed by atoms with Gasteiger partial charge in [-0.2, -0.15) is 0 Å². The Morgan fingerprint density at radius 3 is 2.25 bits per heavy atom. The molecule has 0 saturated heterocycles. The lowest BCUT2D eigenvalue weighted by Gasteiger charge is -2.06. The Kier molecular flexibility index (Phi) is 3.52. The number of fused-ring (bicyclic) bond motifs is 2. The average molecular weight is 307 g/mol. The summed E-state index contributed by atoms with van der Waals surface area (Å²) in [5, 5.41) is 5.07. The number of aryl methyl sites for hydroxylation is 2. The Balaban J connectivity index is 1.84. The van der Waals surface area contributed by atoms with Gasteiger partial charge in [0.15, 0.2) is 0 Å². The standard InChI is InChI=1S/C23H17N/c1-16-11-19(8-7-18-9-10-24-17(2)12-18)13-22-14-20-5-3-4-6-21(20)15-23(16)22/h3-6,9-15H,1-2H3. The molecule has 0 spiro atoms. The van der Waals surface area contributed by atoms with Crippen LogP contribution in [-0.4, -0.2) is 4.98 Å². The summed E-state index contributed by atoms with van der Waals surface area (Å²) in [6, 6.07) is 21.3. The normalized spacial score (nSPS) is 10.6. The smallest absolute Gasteiger partial charge is 0.0385 e. The summed E-state index contributed by atoms with van der Waals surface area (Å²) in [5.41, 5.74) is 4.29. The molecule has 0 amide bonds. The molecule has 24 heavy (non-hydrogen) atoms. The van der Waals surface area contributed by atoms with Gasteiger partial charge in [0.2, 0.25) is 0 Å². The molecule has 0 bridgehead atoms. The Hall–Kier alpha value is -3.11. The lowest BCUT2D eigenvalue weighted by Crippen LogP contribution is -1.85. The lowest BCUT2D eigenvalue weighted by atomic mass is 9.98. The van der Waals surface area contributed by atoms with Gasteiger partial charge in [-0.1, -0.05) is 36.1 Å².